The molecule has 0 saturated carbocycles. The number of likely N-dealkylation sites (tertiary alicyclic amines) is 1. The Morgan fingerprint density at radius 1 is 1.25 bits per heavy atom. The highest BCUT2D eigenvalue weighted by atomic mass is 35.7. The molecule has 0 unspecified atom stereocenters. The number of hydrogen-bond acceptors (Lipinski definition) is 4. The van der Waals surface area contributed by atoms with E-state index < -0.39 is 9.05 Å². The van der Waals surface area contributed by atoms with Crippen LogP contribution in [0.1, 0.15) is 29.6 Å². The number of rotatable bonds is 3. The van der Waals surface area contributed by atoms with Crippen LogP contribution in [-0.4, -0.2) is 38.6 Å². The molecule has 1 aromatic rings. The zero-order valence-corrected chi connectivity index (χ0v) is 13.5. The Kier molecular flexibility index (Phi) is 4.99. The number of piperidine rings is 1. The van der Waals surface area contributed by atoms with Crippen molar-refractivity contribution in [1.29, 1.82) is 0 Å². The molecule has 0 bridgehead atoms. The lowest BCUT2D eigenvalue weighted by molar-refractivity contribution is 0.0720. The molecule has 0 spiro atoms. The Balaban J connectivity index is 2.39. The third-order valence-electron chi connectivity index (χ3n) is 3.33. The van der Waals surface area contributed by atoms with Crippen molar-refractivity contribution in [2.75, 3.05) is 19.3 Å². The zero-order valence-electron chi connectivity index (χ0n) is 11.1. The maximum atomic E-state index is 12.5. The monoisotopic (exact) mass is 333 g/mol. The van der Waals surface area contributed by atoms with Crippen LogP contribution in [0.2, 0.25) is 0 Å². The van der Waals surface area contributed by atoms with E-state index in [1.165, 1.54) is 23.9 Å². The summed E-state index contributed by atoms with van der Waals surface area (Å²) in [5.41, 5.74) is 0.418. The molecule has 1 fully saturated rings. The molecule has 1 saturated heterocycles. The van der Waals surface area contributed by atoms with Crippen molar-refractivity contribution in [3.63, 3.8) is 0 Å². The molecule has 0 aromatic heterocycles. The van der Waals surface area contributed by atoms with Crippen LogP contribution < -0.4 is 0 Å². The Labute approximate surface area is 127 Å². The van der Waals surface area contributed by atoms with Gasteiger partial charge in [-0.05, 0) is 43.7 Å². The van der Waals surface area contributed by atoms with E-state index in [2.05, 4.69) is 0 Å². The third kappa shape index (κ3) is 3.48. The molecule has 0 aliphatic carbocycles. The first kappa shape index (κ1) is 15.7. The largest absolute Gasteiger partial charge is 0.339 e. The van der Waals surface area contributed by atoms with Gasteiger partial charge in [-0.3, -0.25) is 4.79 Å². The quantitative estimate of drug-likeness (QED) is 0.630. The lowest BCUT2D eigenvalue weighted by Gasteiger charge is -2.27. The molecule has 2 rings (SSSR count). The molecule has 20 heavy (non-hydrogen) atoms. The van der Waals surface area contributed by atoms with Gasteiger partial charge in [-0.25, -0.2) is 8.42 Å². The molecule has 1 aliphatic rings. The van der Waals surface area contributed by atoms with E-state index in [0.717, 1.165) is 37.2 Å². The fraction of sp³-hybridized carbons (Fsp3) is 0.462. The van der Waals surface area contributed by atoms with E-state index in [9.17, 15) is 13.2 Å². The second-order valence-electron chi connectivity index (χ2n) is 4.65. The van der Waals surface area contributed by atoms with Gasteiger partial charge in [0.1, 0.15) is 0 Å². The standard InChI is InChI=1S/C13H16ClNO3S2/c1-19-12-6-5-10(20(14,17)18)9-11(12)13(16)15-7-3-2-4-8-15/h5-6,9H,2-4,7-8H2,1H3. The highest BCUT2D eigenvalue weighted by molar-refractivity contribution is 8.13. The van der Waals surface area contributed by atoms with Crippen LogP contribution in [0.15, 0.2) is 28.0 Å². The first-order valence-corrected chi connectivity index (χ1v) is 9.89. The van der Waals surface area contributed by atoms with Crippen LogP contribution in [0.25, 0.3) is 0 Å². The average molecular weight is 334 g/mol. The topological polar surface area (TPSA) is 54.5 Å². The fourth-order valence-electron chi connectivity index (χ4n) is 2.27. The van der Waals surface area contributed by atoms with Crippen LogP contribution in [0.4, 0.5) is 0 Å². The van der Waals surface area contributed by atoms with Gasteiger partial charge >= 0.3 is 0 Å². The minimum Gasteiger partial charge on any atom is -0.339 e. The van der Waals surface area contributed by atoms with E-state index in [1.54, 1.807) is 11.0 Å². The number of nitrogens with zero attached hydrogens (tertiary/aromatic N) is 1. The molecule has 1 aromatic carbocycles. The number of halogens is 1. The highest BCUT2D eigenvalue weighted by Crippen LogP contribution is 2.27. The maximum absolute atomic E-state index is 12.5. The second-order valence-corrected chi connectivity index (χ2v) is 8.07. The van der Waals surface area contributed by atoms with E-state index in [-0.39, 0.29) is 10.8 Å². The van der Waals surface area contributed by atoms with Gasteiger partial charge in [0, 0.05) is 28.7 Å². The van der Waals surface area contributed by atoms with Crippen LogP contribution in [0.5, 0.6) is 0 Å². The number of amides is 1. The maximum Gasteiger partial charge on any atom is 0.261 e. The predicted molar refractivity (Wildman–Crippen MR) is 81.0 cm³/mol. The Hall–Kier alpha value is -0.720. The lowest BCUT2D eigenvalue weighted by atomic mass is 10.1. The van der Waals surface area contributed by atoms with Crippen LogP contribution in [0, 0.1) is 0 Å². The van der Waals surface area contributed by atoms with Crippen molar-refractivity contribution >= 4 is 37.4 Å². The van der Waals surface area contributed by atoms with Crippen molar-refractivity contribution in [1.82, 2.24) is 4.90 Å². The van der Waals surface area contributed by atoms with Gasteiger partial charge in [0.15, 0.2) is 0 Å². The summed E-state index contributed by atoms with van der Waals surface area (Å²) in [5.74, 6) is -0.115. The molecule has 110 valence electrons. The highest BCUT2D eigenvalue weighted by Gasteiger charge is 2.22. The van der Waals surface area contributed by atoms with E-state index in [0.29, 0.717) is 5.56 Å². The summed E-state index contributed by atoms with van der Waals surface area (Å²) < 4.78 is 22.8. The number of carbonyl (C=O) groups excluding carboxylic acids is 1. The van der Waals surface area contributed by atoms with Gasteiger partial charge in [-0.2, -0.15) is 0 Å². The third-order valence-corrected chi connectivity index (χ3v) is 5.47. The number of benzene rings is 1. The van der Waals surface area contributed by atoms with Crippen molar-refractivity contribution < 1.29 is 13.2 Å². The SMILES string of the molecule is CSc1ccc(S(=O)(=O)Cl)cc1C(=O)N1CCCCC1. The summed E-state index contributed by atoms with van der Waals surface area (Å²) in [6.45, 7) is 1.45. The van der Waals surface area contributed by atoms with Crippen molar-refractivity contribution in [3.8, 4) is 0 Å². The first-order valence-electron chi connectivity index (χ1n) is 6.35. The van der Waals surface area contributed by atoms with Gasteiger partial charge < -0.3 is 4.90 Å². The van der Waals surface area contributed by atoms with Crippen LogP contribution in [-0.2, 0) is 9.05 Å². The number of carbonyl (C=O) groups is 1. The normalized spacial score (nSPS) is 16.2. The Morgan fingerprint density at radius 3 is 2.45 bits per heavy atom. The van der Waals surface area contributed by atoms with Gasteiger partial charge in [0.25, 0.3) is 15.0 Å². The van der Waals surface area contributed by atoms with Crippen LogP contribution in [0.3, 0.4) is 0 Å². The van der Waals surface area contributed by atoms with E-state index in [1.807, 2.05) is 6.26 Å². The van der Waals surface area contributed by atoms with Crippen molar-refractivity contribution in [2.24, 2.45) is 0 Å². The number of hydrogen-bond donors (Lipinski definition) is 0. The lowest BCUT2D eigenvalue weighted by Crippen LogP contribution is -2.35. The second kappa shape index (κ2) is 6.37. The molecule has 0 N–H and O–H groups in total. The summed E-state index contributed by atoms with van der Waals surface area (Å²) in [5, 5.41) is 0. The molecular weight excluding hydrogens is 318 g/mol. The van der Waals surface area contributed by atoms with E-state index >= 15 is 0 Å². The first-order chi connectivity index (χ1) is 9.43. The molecule has 4 nitrogen and oxygen atoms in total. The molecule has 1 aliphatic heterocycles. The van der Waals surface area contributed by atoms with E-state index in [4.69, 9.17) is 10.7 Å². The van der Waals surface area contributed by atoms with Crippen molar-refractivity contribution in [2.45, 2.75) is 29.1 Å². The minimum atomic E-state index is -3.82. The minimum absolute atomic E-state index is 0.0303. The summed E-state index contributed by atoms with van der Waals surface area (Å²) in [4.78, 5) is 15.1. The van der Waals surface area contributed by atoms with Gasteiger partial charge in [-0.15, -0.1) is 11.8 Å². The molecule has 1 heterocycles. The Morgan fingerprint density at radius 2 is 1.90 bits per heavy atom. The summed E-state index contributed by atoms with van der Waals surface area (Å²) in [6.07, 6.45) is 4.98. The molecule has 7 heteroatoms. The number of thioether (sulfide) groups is 1. The van der Waals surface area contributed by atoms with Crippen molar-refractivity contribution in [3.05, 3.63) is 23.8 Å². The zero-order chi connectivity index (χ0) is 14.8. The van der Waals surface area contributed by atoms with Gasteiger partial charge in [0.05, 0.1) is 10.5 Å². The smallest absolute Gasteiger partial charge is 0.261 e. The summed E-state index contributed by atoms with van der Waals surface area (Å²) in [6, 6.07) is 4.45. The molecule has 0 radical (unpaired) electrons. The summed E-state index contributed by atoms with van der Waals surface area (Å²) in [7, 11) is 1.53. The molecule has 0 atom stereocenters. The summed E-state index contributed by atoms with van der Waals surface area (Å²) >= 11 is 1.42. The fourth-order valence-corrected chi connectivity index (χ4v) is 3.62. The average Bonchev–Trinajstić information content (AvgIpc) is 2.45. The van der Waals surface area contributed by atoms with Gasteiger partial charge in [-0.1, -0.05) is 0 Å². The van der Waals surface area contributed by atoms with Gasteiger partial charge in [0.2, 0.25) is 0 Å². The molecule has 1 amide bonds. The molecular formula is C13H16ClNO3S2. The Bertz CT molecular complexity index is 610. The predicted octanol–water partition coefficient (Wildman–Crippen LogP) is 2.96. The van der Waals surface area contributed by atoms with Crippen LogP contribution >= 0.6 is 22.4 Å².